The first-order valence-electron chi connectivity index (χ1n) is 14.1. The van der Waals surface area contributed by atoms with Crippen LogP contribution >= 0.6 is 0 Å². The van der Waals surface area contributed by atoms with Crippen LogP contribution in [0.5, 0.6) is 5.75 Å². The SMILES string of the molecule is COc1ccc(N2CCN(C(c3cc4cc(C)c(C)cc4[nH]c3=O)c3nnnn3C3CCCCC3)CC2)cc1. The van der Waals surface area contributed by atoms with E-state index in [2.05, 4.69) is 74.5 Å². The molecule has 2 fully saturated rings. The summed E-state index contributed by atoms with van der Waals surface area (Å²) >= 11 is 0. The van der Waals surface area contributed by atoms with Crippen molar-refractivity contribution in [1.82, 2.24) is 30.1 Å². The number of hydrogen-bond donors (Lipinski definition) is 1. The molecule has 2 aromatic heterocycles. The summed E-state index contributed by atoms with van der Waals surface area (Å²) in [5, 5.41) is 14.2. The molecule has 9 nitrogen and oxygen atoms in total. The molecular formula is C30H37N7O2. The molecule has 1 unspecified atom stereocenters. The van der Waals surface area contributed by atoms with E-state index in [4.69, 9.17) is 4.74 Å². The van der Waals surface area contributed by atoms with Gasteiger partial charge in [-0.3, -0.25) is 9.69 Å². The second-order valence-electron chi connectivity index (χ2n) is 11.0. The summed E-state index contributed by atoms with van der Waals surface area (Å²) in [6.07, 6.45) is 5.77. The number of anilines is 1. The van der Waals surface area contributed by atoms with Crippen LogP contribution in [0.1, 0.15) is 66.7 Å². The number of ether oxygens (including phenoxy) is 1. The number of aromatic amines is 1. The van der Waals surface area contributed by atoms with Crippen molar-refractivity contribution in [2.45, 2.75) is 58.0 Å². The first kappa shape index (κ1) is 25.6. The van der Waals surface area contributed by atoms with Crippen molar-refractivity contribution in [2.75, 3.05) is 38.2 Å². The zero-order valence-corrected chi connectivity index (χ0v) is 23.1. The number of fused-ring (bicyclic) bond motifs is 1. The average molecular weight is 528 g/mol. The van der Waals surface area contributed by atoms with Gasteiger partial charge in [-0.1, -0.05) is 19.3 Å². The molecule has 4 aromatic rings. The highest BCUT2D eigenvalue weighted by molar-refractivity contribution is 5.81. The summed E-state index contributed by atoms with van der Waals surface area (Å²) in [6.45, 7) is 7.45. The molecule has 1 saturated carbocycles. The number of H-pyrrole nitrogens is 1. The maximum atomic E-state index is 13.7. The first-order valence-corrected chi connectivity index (χ1v) is 14.1. The quantitative estimate of drug-likeness (QED) is 0.393. The lowest BCUT2D eigenvalue weighted by Crippen LogP contribution is -2.49. The molecule has 2 aromatic carbocycles. The number of hydrogen-bond acceptors (Lipinski definition) is 7. The third-order valence-corrected chi connectivity index (χ3v) is 8.58. The van der Waals surface area contributed by atoms with E-state index >= 15 is 0 Å². The number of nitrogens with one attached hydrogen (secondary N) is 1. The maximum Gasteiger partial charge on any atom is 0.253 e. The predicted octanol–water partition coefficient (Wildman–Crippen LogP) is 4.56. The van der Waals surface area contributed by atoms with Crippen molar-refractivity contribution in [3.05, 3.63) is 75.3 Å². The van der Waals surface area contributed by atoms with E-state index in [1.54, 1.807) is 7.11 Å². The Balaban J connectivity index is 1.37. The number of aryl methyl sites for hydroxylation is 2. The molecule has 1 aliphatic carbocycles. The Hall–Kier alpha value is -3.72. The van der Waals surface area contributed by atoms with E-state index in [-0.39, 0.29) is 17.6 Å². The zero-order chi connectivity index (χ0) is 26.9. The third kappa shape index (κ3) is 5.03. The van der Waals surface area contributed by atoms with E-state index in [1.165, 1.54) is 36.1 Å². The molecule has 2 aliphatic rings. The highest BCUT2D eigenvalue weighted by atomic mass is 16.5. The predicted molar refractivity (Wildman–Crippen MR) is 153 cm³/mol. The van der Waals surface area contributed by atoms with Gasteiger partial charge in [0, 0.05) is 42.9 Å². The average Bonchev–Trinajstić information content (AvgIpc) is 3.45. The number of pyridine rings is 1. The van der Waals surface area contributed by atoms with Gasteiger partial charge in [0.15, 0.2) is 5.82 Å². The van der Waals surface area contributed by atoms with E-state index in [0.717, 1.165) is 61.5 Å². The summed E-state index contributed by atoms with van der Waals surface area (Å²) in [6, 6.07) is 14.4. The van der Waals surface area contributed by atoms with Crippen molar-refractivity contribution in [1.29, 1.82) is 0 Å². The molecule has 1 atom stereocenters. The summed E-state index contributed by atoms with van der Waals surface area (Å²) < 4.78 is 7.35. The molecule has 1 aliphatic heterocycles. The second kappa shape index (κ2) is 10.8. The lowest BCUT2D eigenvalue weighted by atomic mass is 9.95. The van der Waals surface area contributed by atoms with Crippen LogP contribution in [0.25, 0.3) is 10.9 Å². The number of rotatable bonds is 6. The Labute approximate surface area is 228 Å². The van der Waals surface area contributed by atoms with Crippen molar-refractivity contribution in [2.24, 2.45) is 0 Å². The van der Waals surface area contributed by atoms with Crippen LogP contribution in [-0.4, -0.2) is 63.4 Å². The van der Waals surface area contributed by atoms with Gasteiger partial charge < -0.3 is 14.6 Å². The van der Waals surface area contributed by atoms with Crippen LogP contribution < -0.4 is 15.2 Å². The molecule has 6 rings (SSSR count). The Morgan fingerprint density at radius 2 is 1.67 bits per heavy atom. The van der Waals surface area contributed by atoms with Gasteiger partial charge in [0.1, 0.15) is 11.8 Å². The molecule has 0 spiro atoms. The van der Waals surface area contributed by atoms with Gasteiger partial charge in [-0.05, 0) is 96.1 Å². The Bertz CT molecular complexity index is 1500. The number of nitrogens with zero attached hydrogens (tertiary/aromatic N) is 6. The molecule has 1 N–H and O–H groups in total. The third-order valence-electron chi connectivity index (χ3n) is 8.58. The van der Waals surface area contributed by atoms with Crippen LogP contribution in [0.2, 0.25) is 0 Å². The molecule has 39 heavy (non-hydrogen) atoms. The van der Waals surface area contributed by atoms with E-state index in [0.29, 0.717) is 5.56 Å². The highest BCUT2D eigenvalue weighted by Gasteiger charge is 2.34. The lowest BCUT2D eigenvalue weighted by molar-refractivity contribution is 0.192. The fraction of sp³-hybridized carbons (Fsp3) is 0.467. The molecule has 0 bridgehead atoms. The number of tetrazole rings is 1. The summed E-state index contributed by atoms with van der Waals surface area (Å²) in [5.74, 6) is 1.63. The van der Waals surface area contributed by atoms with Gasteiger partial charge in [0.25, 0.3) is 5.56 Å². The summed E-state index contributed by atoms with van der Waals surface area (Å²) in [4.78, 5) is 21.6. The number of methoxy groups -OCH3 is 1. The van der Waals surface area contributed by atoms with Gasteiger partial charge in [-0.15, -0.1) is 5.10 Å². The normalized spacial score (nSPS) is 18.0. The van der Waals surface area contributed by atoms with E-state index < -0.39 is 0 Å². The Morgan fingerprint density at radius 3 is 2.38 bits per heavy atom. The molecule has 204 valence electrons. The Kier molecular flexibility index (Phi) is 7.08. The van der Waals surface area contributed by atoms with E-state index in [1.807, 2.05) is 16.8 Å². The Morgan fingerprint density at radius 1 is 0.949 bits per heavy atom. The lowest BCUT2D eigenvalue weighted by Gasteiger charge is -2.40. The van der Waals surface area contributed by atoms with Gasteiger partial charge >= 0.3 is 0 Å². The smallest absolute Gasteiger partial charge is 0.253 e. The maximum absolute atomic E-state index is 13.7. The number of aromatic nitrogens is 5. The van der Waals surface area contributed by atoms with Crippen LogP contribution in [0.15, 0.2) is 47.3 Å². The monoisotopic (exact) mass is 527 g/mol. The number of piperazine rings is 1. The van der Waals surface area contributed by atoms with Gasteiger partial charge in [-0.2, -0.15) is 0 Å². The van der Waals surface area contributed by atoms with Crippen molar-refractivity contribution in [3.8, 4) is 5.75 Å². The fourth-order valence-corrected chi connectivity index (χ4v) is 6.19. The first-order chi connectivity index (χ1) is 19.0. The van der Waals surface area contributed by atoms with Crippen molar-refractivity contribution < 1.29 is 4.74 Å². The van der Waals surface area contributed by atoms with Crippen LogP contribution in [0.3, 0.4) is 0 Å². The standard InChI is InChI=1S/C30H37N7O2/c1-20-17-22-19-26(30(38)31-27(22)18-21(20)2)28(29-32-33-34-37(29)24-7-5-4-6-8-24)36-15-13-35(14-16-36)23-9-11-25(39-3)12-10-23/h9-12,17-19,24,28H,4-8,13-16H2,1-3H3,(H,31,38). The minimum atomic E-state index is -0.324. The zero-order valence-electron chi connectivity index (χ0n) is 23.1. The highest BCUT2D eigenvalue weighted by Crippen LogP contribution is 2.34. The van der Waals surface area contributed by atoms with Gasteiger partial charge in [0.2, 0.25) is 0 Å². The molecule has 0 radical (unpaired) electrons. The molecule has 0 amide bonds. The topological polar surface area (TPSA) is 92.2 Å². The molecule has 3 heterocycles. The second-order valence-corrected chi connectivity index (χ2v) is 11.0. The molecular weight excluding hydrogens is 490 g/mol. The van der Waals surface area contributed by atoms with E-state index in [9.17, 15) is 4.79 Å². The molecule has 9 heteroatoms. The minimum absolute atomic E-state index is 0.0773. The van der Waals surface area contributed by atoms with Crippen LogP contribution in [0.4, 0.5) is 5.69 Å². The summed E-state index contributed by atoms with van der Waals surface area (Å²) in [5.41, 5.74) is 5.04. The van der Waals surface area contributed by atoms with Crippen molar-refractivity contribution in [3.63, 3.8) is 0 Å². The minimum Gasteiger partial charge on any atom is -0.497 e. The van der Waals surface area contributed by atoms with Gasteiger partial charge in [0.05, 0.1) is 13.2 Å². The van der Waals surface area contributed by atoms with Crippen molar-refractivity contribution >= 4 is 16.6 Å². The molecule has 1 saturated heterocycles. The fourth-order valence-electron chi connectivity index (χ4n) is 6.19. The van der Waals surface area contributed by atoms with Crippen LogP contribution in [-0.2, 0) is 0 Å². The van der Waals surface area contributed by atoms with Crippen LogP contribution in [0, 0.1) is 13.8 Å². The number of benzene rings is 2. The largest absolute Gasteiger partial charge is 0.497 e. The van der Waals surface area contributed by atoms with Gasteiger partial charge in [-0.25, -0.2) is 4.68 Å². The summed E-state index contributed by atoms with van der Waals surface area (Å²) in [7, 11) is 1.69.